The maximum absolute atomic E-state index is 5.97. The molecule has 120 valence electrons. The standard InChI is InChI=1S/C16H13ClN6S/c1-23-16(24-15(20-23)10-6-8-11(17)9-7-10)13-5-3-2-4-12(13)14-18-21-22-19-14/h2-9,16H,1H3,(H,18,19,21,22). The topological polar surface area (TPSA) is 70.1 Å². The molecule has 0 saturated heterocycles. The molecule has 2 heterocycles. The summed E-state index contributed by atoms with van der Waals surface area (Å²) in [7, 11) is 1.97. The van der Waals surface area contributed by atoms with E-state index in [0.717, 1.165) is 26.8 Å². The van der Waals surface area contributed by atoms with Gasteiger partial charge in [0.05, 0.1) is 0 Å². The van der Waals surface area contributed by atoms with Gasteiger partial charge >= 0.3 is 0 Å². The Bertz CT molecular complexity index is 878. The number of aromatic amines is 1. The molecular weight excluding hydrogens is 344 g/mol. The van der Waals surface area contributed by atoms with Gasteiger partial charge in [-0.1, -0.05) is 59.8 Å². The van der Waals surface area contributed by atoms with Gasteiger partial charge in [-0.2, -0.15) is 10.3 Å². The van der Waals surface area contributed by atoms with Crippen LogP contribution in [0.15, 0.2) is 53.6 Å². The number of aromatic nitrogens is 4. The predicted molar refractivity (Wildman–Crippen MR) is 95.7 cm³/mol. The van der Waals surface area contributed by atoms with Crippen LogP contribution in [0.4, 0.5) is 0 Å². The summed E-state index contributed by atoms with van der Waals surface area (Å²) in [6.07, 6.45) is 0. The third-order valence-electron chi connectivity index (χ3n) is 3.72. The summed E-state index contributed by atoms with van der Waals surface area (Å²) in [6.45, 7) is 0. The summed E-state index contributed by atoms with van der Waals surface area (Å²) >= 11 is 7.66. The van der Waals surface area contributed by atoms with E-state index in [1.807, 2.05) is 54.5 Å². The van der Waals surface area contributed by atoms with Crippen LogP contribution in [0, 0.1) is 0 Å². The molecule has 0 spiro atoms. The van der Waals surface area contributed by atoms with Crippen molar-refractivity contribution in [1.82, 2.24) is 25.6 Å². The highest BCUT2D eigenvalue weighted by molar-refractivity contribution is 8.14. The van der Waals surface area contributed by atoms with Gasteiger partial charge in [0.15, 0.2) is 0 Å². The first-order valence-corrected chi connectivity index (χ1v) is 8.55. The fraction of sp³-hybridized carbons (Fsp3) is 0.125. The lowest BCUT2D eigenvalue weighted by atomic mass is 10.1. The molecule has 0 aliphatic carbocycles. The fourth-order valence-corrected chi connectivity index (χ4v) is 3.89. The van der Waals surface area contributed by atoms with Gasteiger partial charge in [-0.25, -0.2) is 0 Å². The van der Waals surface area contributed by atoms with Crippen molar-refractivity contribution in [1.29, 1.82) is 0 Å². The Morgan fingerprint density at radius 3 is 2.67 bits per heavy atom. The van der Waals surface area contributed by atoms with Gasteiger partial charge in [-0.15, -0.1) is 10.2 Å². The molecule has 0 radical (unpaired) electrons. The van der Waals surface area contributed by atoms with Crippen LogP contribution in [0.1, 0.15) is 16.5 Å². The van der Waals surface area contributed by atoms with E-state index in [-0.39, 0.29) is 5.37 Å². The van der Waals surface area contributed by atoms with E-state index < -0.39 is 0 Å². The molecule has 1 atom stereocenters. The van der Waals surface area contributed by atoms with Crippen LogP contribution in [0.3, 0.4) is 0 Å². The Morgan fingerprint density at radius 1 is 1.12 bits per heavy atom. The average molecular weight is 357 g/mol. The predicted octanol–water partition coefficient (Wildman–Crippen LogP) is 3.56. The monoisotopic (exact) mass is 356 g/mol. The molecule has 6 nitrogen and oxygen atoms in total. The summed E-state index contributed by atoms with van der Waals surface area (Å²) in [6, 6.07) is 15.8. The van der Waals surface area contributed by atoms with Gasteiger partial charge in [0.25, 0.3) is 0 Å². The number of hydrogen-bond donors (Lipinski definition) is 1. The van der Waals surface area contributed by atoms with Gasteiger partial charge in [0.2, 0.25) is 5.82 Å². The number of nitrogens with one attached hydrogen (secondary N) is 1. The molecule has 1 aliphatic heterocycles. The van der Waals surface area contributed by atoms with Crippen molar-refractivity contribution in [2.45, 2.75) is 5.37 Å². The Labute approximate surface area is 147 Å². The number of hydrogen-bond acceptors (Lipinski definition) is 6. The minimum atomic E-state index is 0.0466. The number of H-pyrrole nitrogens is 1. The van der Waals surface area contributed by atoms with Crippen LogP contribution >= 0.6 is 23.4 Å². The van der Waals surface area contributed by atoms with Crippen molar-refractivity contribution in [3.63, 3.8) is 0 Å². The molecule has 2 aromatic carbocycles. The van der Waals surface area contributed by atoms with Gasteiger partial charge < -0.3 is 0 Å². The normalized spacial score (nSPS) is 17.2. The van der Waals surface area contributed by atoms with Crippen molar-refractivity contribution in [3.05, 3.63) is 64.7 Å². The molecule has 1 unspecified atom stereocenters. The average Bonchev–Trinajstić information content (AvgIpc) is 3.25. The maximum atomic E-state index is 5.97. The van der Waals surface area contributed by atoms with Crippen molar-refractivity contribution in [2.75, 3.05) is 7.05 Å². The van der Waals surface area contributed by atoms with Gasteiger partial charge in [-0.05, 0) is 22.9 Å². The first-order valence-electron chi connectivity index (χ1n) is 7.29. The lowest BCUT2D eigenvalue weighted by Crippen LogP contribution is -2.12. The second kappa shape index (κ2) is 6.26. The Morgan fingerprint density at radius 2 is 1.92 bits per heavy atom. The number of halogens is 1. The zero-order valence-electron chi connectivity index (χ0n) is 12.7. The summed E-state index contributed by atoms with van der Waals surface area (Å²) in [4.78, 5) is 0. The third-order valence-corrected chi connectivity index (χ3v) is 5.29. The fourth-order valence-electron chi connectivity index (χ4n) is 2.58. The van der Waals surface area contributed by atoms with Gasteiger partial charge in [-0.3, -0.25) is 5.01 Å². The van der Waals surface area contributed by atoms with Crippen LogP contribution in [-0.2, 0) is 0 Å². The van der Waals surface area contributed by atoms with Gasteiger partial charge in [0.1, 0.15) is 10.4 Å². The highest BCUT2D eigenvalue weighted by Gasteiger charge is 2.29. The Balaban J connectivity index is 1.67. The quantitative estimate of drug-likeness (QED) is 0.777. The smallest absolute Gasteiger partial charge is 0.205 e. The largest absolute Gasteiger partial charge is 0.281 e. The third kappa shape index (κ3) is 2.76. The maximum Gasteiger partial charge on any atom is 0.205 e. The summed E-state index contributed by atoms with van der Waals surface area (Å²) < 4.78 is 0. The van der Waals surface area contributed by atoms with E-state index in [9.17, 15) is 0 Å². The first kappa shape index (κ1) is 15.2. The van der Waals surface area contributed by atoms with E-state index >= 15 is 0 Å². The summed E-state index contributed by atoms with van der Waals surface area (Å²) in [5.41, 5.74) is 3.10. The van der Waals surface area contributed by atoms with E-state index in [1.165, 1.54) is 0 Å². The molecule has 24 heavy (non-hydrogen) atoms. The van der Waals surface area contributed by atoms with Crippen LogP contribution in [-0.4, -0.2) is 37.7 Å². The van der Waals surface area contributed by atoms with Crippen LogP contribution < -0.4 is 0 Å². The second-order valence-corrected chi connectivity index (χ2v) is 6.78. The number of hydrazone groups is 1. The van der Waals surface area contributed by atoms with E-state index in [0.29, 0.717) is 5.82 Å². The highest BCUT2D eigenvalue weighted by atomic mass is 35.5. The number of benzene rings is 2. The molecule has 0 bridgehead atoms. The molecule has 0 amide bonds. The van der Waals surface area contributed by atoms with Crippen LogP contribution in [0.5, 0.6) is 0 Å². The number of thioether (sulfide) groups is 1. The van der Waals surface area contributed by atoms with Crippen molar-refractivity contribution < 1.29 is 0 Å². The SMILES string of the molecule is CN1N=C(c2ccc(Cl)cc2)SC1c1ccccc1-c1nn[nH]n1. The molecule has 0 saturated carbocycles. The van der Waals surface area contributed by atoms with Crippen molar-refractivity contribution in [2.24, 2.45) is 5.10 Å². The second-order valence-electron chi connectivity index (χ2n) is 5.28. The lowest BCUT2D eigenvalue weighted by Gasteiger charge is -2.19. The van der Waals surface area contributed by atoms with Crippen molar-refractivity contribution in [3.8, 4) is 11.4 Å². The van der Waals surface area contributed by atoms with E-state index in [1.54, 1.807) is 11.8 Å². The van der Waals surface area contributed by atoms with E-state index in [2.05, 4.69) is 31.8 Å². The Hall–Kier alpha value is -2.38. The van der Waals surface area contributed by atoms with Crippen LogP contribution in [0.2, 0.25) is 5.02 Å². The minimum absolute atomic E-state index is 0.0466. The molecule has 8 heteroatoms. The lowest BCUT2D eigenvalue weighted by molar-refractivity contribution is 0.347. The van der Waals surface area contributed by atoms with Crippen molar-refractivity contribution >= 4 is 28.4 Å². The molecular formula is C16H13ClN6S. The zero-order chi connectivity index (χ0) is 16.5. The van der Waals surface area contributed by atoms with Gasteiger partial charge in [0, 0.05) is 23.2 Å². The highest BCUT2D eigenvalue weighted by Crippen LogP contribution is 2.43. The molecule has 4 rings (SSSR count). The molecule has 3 aromatic rings. The number of rotatable bonds is 3. The molecule has 1 aromatic heterocycles. The molecule has 0 fully saturated rings. The first-order chi connectivity index (χ1) is 11.7. The Kier molecular flexibility index (Phi) is 3.95. The van der Waals surface area contributed by atoms with E-state index in [4.69, 9.17) is 11.6 Å². The van der Waals surface area contributed by atoms with Crippen LogP contribution in [0.25, 0.3) is 11.4 Å². The molecule has 1 aliphatic rings. The number of nitrogens with zero attached hydrogens (tertiary/aromatic N) is 5. The minimum Gasteiger partial charge on any atom is -0.281 e. The molecule has 1 N–H and O–H groups in total. The number of tetrazole rings is 1. The summed E-state index contributed by atoms with van der Waals surface area (Å²) in [5, 5.41) is 22.7. The summed E-state index contributed by atoms with van der Waals surface area (Å²) in [5.74, 6) is 0.583. The zero-order valence-corrected chi connectivity index (χ0v) is 14.3.